The summed E-state index contributed by atoms with van der Waals surface area (Å²) in [6.45, 7) is 2.24. The van der Waals surface area contributed by atoms with Gasteiger partial charge >= 0.3 is 0 Å². The normalized spacial score (nSPS) is 15.0. The second-order valence-electron chi connectivity index (χ2n) is 5.35. The van der Waals surface area contributed by atoms with Crippen molar-refractivity contribution >= 4 is 17.5 Å². The highest BCUT2D eigenvalue weighted by Crippen LogP contribution is 2.19. The lowest BCUT2D eigenvalue weighted by molar-refractivity contribution is -0.137. The number of hydrogen-bond donors (Lipinski definition) is 0. The minimum Gasteiger partial charge on any atom is -0.342 e. The maximum absolute atomic E-state index is 12.8. The third kappa shape index (κ3) is 3.42. The van der Waals surface area contributed by atoms with Gasteiger partial charge in [0.15, 0.2) is 0 Å². The van der Waals surface area contributed by atoms with Crippen LogP contribution in [0.25, 0.3) is 0 Å². The van der Waals surface area contributed by atoms with Crippen molar-refractivity contribution in [2.24, 2.45) is 5.92 Å². The first-order valence-electron chi connectivity index (χ1n) is 6.80. The van der Waals surface area contributed by atoms with Crippen molar-refractivity contribution in [3.8, 4) is 0 Å². The molecule has 6 heteroatoms. The van der Waals surface area contributed by atoms with Crippen LogP contribution < -0.4 is 0 Å². The van der Waals surface area contributed by atoms with Gasteiger partial charge in [0, 0.05) is 31.7 Å². The van der Waals surface area contributed by atoms with Gasteiger partial charge in [0.05, 0.1) is 17.6 Å². The van der Waals surface area contributed by atoms with E-state index in [1.54, 1.807) is 29.2 Å². The number of hydrogen-bond acceptors (Lipinski definition) is 2. The van der Waals surface area contributed by atoms with Gasteiger partial charge in [0.2, 0.25) is 5.91 Å². The summed E-state index contributed by atoms with van der Waals surface area (Å²) < 4.78 is 14.6. The van der Waals surface area contributed by atoms with E-state index in [0.29, 0.717) is 17.4 Å². The fourth-order valence-electron chi connectivity index (χ4n) is 2.48. The summed E-state index contributed by atoms with van der Waals surface area (Å²) in [4.78, 5) is 13.9. The topological polar surface area (TPSA) is 38.1 Å². The Bertz CT molecular complexity index is 635. The summed E-state index contributed by atoms with van der Waals surface area (Å²) in [6.07, 6.45) is 3.71. The Balaban J connectivity index is 1.47. The molecule has 0 saturated carbocycles. The number of benzene rings is 1. The van der Waals surface area contributed by atoms with Crippen LogP contribution in [0.15, 0.2) is 36.7 Å². The first kappa shape index (κ1) is 14.1. The molecular formula is C15H15ClFN3O. The molecule has 1 saturated heterocycles. The number of amides is 1. The van der Waals surface area contributed by atoms with E-state index in [-0.39, 0.29) is 11.7 Å². The molecule has 1 aromatic heterocycles. The molecule has 0 atom stereocenters. The quantitative estimate of drug-likeness (QED) is 0.870. The SMILES string of the molecule is O=C(Cc1ccc(F)cc1)N1CC(Cn2cc(Cl)cn2)C1. The molecule has 0 unspecified atom stereocenters. The molecule has 3 rings (SSSR count). The molecule has 0 aliphatic carbocycles. The molecule has 1 aliphatic heterocycles. The molecule has 21 heavy (non-hydrogen) atoms. The van der Waals surface area contributed by atoms with Gasteiger partial charge in [-0.2, -0.15) is 5.10 Å². The van der Waals surface area contributed by atoms with Gasteiger partial charge in [-0.1, -0.05) is 23.7 Å². The van der Waals surface area contributed by atoms with Gasteiger partial charge in [0.1, 0.15) is 5.82 Å². The standard InChI is InChI=1S/C15H15ClFN3O/c16-13-6-18-20(10-13)9-12-7-19(8-12)15(21)5-11-1-3-14(17)4-2-11/h1-4,6,10,12H,5,7-9H2. The lowest BCUT2D eigenvalue weighted by Crippen LogP contribution is -2.51. The van der Waals surface area contributed by atoms with Crippen LogP contribution in [0.2, 0.25) is 5.02 Å². The third-order valence-electron chi connectivity index (χ3n) is 3.63. The van der Waals surface area contributed by atoms with Gasteiger partial charge in [-0.25, -0.2) is 4.39 Å². The summed E-state index contributed by atoms with van der Waals surface area (Å²) in [5.74, 6) is 0.211. The highest BCUT2D eigenvalue weighted by molar-refractivity contribution is 6.30. The van der Waals surface area contributed by atoms with Crippen LogP contribution in [0, 0.1) is 11.7 Å². The van der Waals surface area contributed by atoms with E-state index in [0.717, 1.165) is 25.2 Å². The lowest BCUT2D eigenvalue weighted by Gasteiger charge is -2.39. The number of halogens is 2. The molecule has 110 valence electrons. The van der Waals surface area contributed by atoms with Crippen LogP contribution in [0.5, 0.6) is 0 Å². The summed E-state index contributed by atoms with van der Waals surface area (Å²) >= 11 is 5.81. The maximum atomic E-state index is 12.8. The van der Waals surface area contributed by atoms with Crippen LogP contribution in [-0.4, -0.2) is 33.7 Å². The lowest BCUT2D eigenvalue weighted by atomic mass is 9.99. The van der Waals surface area contributed by atoms with Crippen molar-refractivity contribution in [3.05, 3.63) is 53.1 Å². The van der Waals surface area contributed by atoms with E-state index in [1.807, 2.05) is 4.90 Å². The van der Waals surface area contributed by atoms with E-state index in [4.69, 9.17) is 11.6 Å². The molecule has 0 spiro atoms. The highest BCUT2D eigenvalue weighted by atomic mass is 35.5. The zero-order valence-electron chi connectivity index (χ0n) is 11.4. The first-order valence-corrected chi connectivity index (χ1v) is 7.18. The fraction of sp³-hybridized carbons (Fsp3) is 0.333. The molecule has 1 aromatic carbocycles. The maximum Gasteiger partial charge on any atom is 0.227 e. The van der Waals surface area contributed by atoms with Crippen molar-refractivity contribution in [3.63, 3.8) is 0 Å². The molecular weight excluding hydrogens is 293 g/mol. The van der Waals surface area contributed by atoms with E-state index in [2.05, 4.69) is 5.10 Å². The Morgan fingerprint density at radius 3 is 2.67 bits per heavy atom. The molecule has 2 heterocycles. The van der Waals surface area contributed by atoms with Gasteiger partial charge in [-0.05, 0) is 17.7 Å². The smallest absolute Gasteiger partial charge is 0.227 e. The Morgan fingerprint density at radius 2 is 2.05 bits per heavy atom. The van der Waals surface area contributed by atoms with Crippen LogP contribution in [-0.2, 0) is 17.8 Å². The van der Waals surface area contributed by atoms with Crippen LogP contribution in [0.1, 0.15) is 5.56 Å². The largest absolute Gasteiger partial charge is 0.342 e. The average Bonchev–Trinajstić information content (AvgIpc) is 2.81. The van der Waals surface area contributed by atoms with E-state index >= 15 is 0 Å². The molecule has 0 bridgehead atoms. The number of rotatable bonds is 4. The van der Waals surface area contributed by atoms with Crippen LogP contribution in [0.4, 0.5) is 4.39 Å². The monoisotopic (exact) mass is 307 g/mol. The van der Waals surface area contributed by atoms with Gasteiger partial charge in [-0.15, -0.1) is 0 Å². The average molecular weight is 308 g/mol. The molecule has 1 aliphatic rings. The number of nitrogens with zero attached hydrogens (tertiary/aromatic N) is 3. The molecule has 1 fully saturated rings. The first-order chi connectivity index (χ1) is 10.1. The van der Waals surface area contributed by atoms with Crippen molar-refractivity contribution in [2.45, 2.75) is 13.0 Å². The Hall–Kier alpha value is -1.88. The fourth-order valence-corrected chi connectivity index (χ4v) is 2.64. The van der Waals surface area contributed by atoms with Gasteiger partial charge in [-0.3, -0.25) is 9.48 Å². The van der Waals surface area contributed by atoms with Crippen molar-refractivity contribution in [1.82, 2.24) is 14.7 Å². The Labute approximate surface area is 127 Å². The van der Waals surface area contributed by atoms with Crippen molar-refractivity contribution in [2.75, 3.05) is 13.1 Å². The third-order valence-corrected chi connectivity index (χ3v) is 3.82. The van der Waals surface area contributed by atoms with Crippen molar-refractivity contribution < 1.29 is 9.18 Å². The minimum atomic E-state index is -0.284. The van der Waals surface area contributed by atoms with Crippen molar-refractivity contribution in [1.29, 1.82) is 0 Å². The summed E-state index contributed by atoms with van der Waals surface area (Å²) in [5, 5.41) is 4.75. The predicted octanol–water partition coefficient (Wildman–Crippen LogP) is 2.38. The van der Waals surface area contributed by atoms with Gasteiger partial charge in [0.25, 0.3) is 0 Å². The molecule has 1 amide bonds. The molecule has 0 radical (unpaired) electrons. The highest BCUT2D eigenvalue weighted by Gasteiger charge is 2.30. The number of aromatic nitrogens is 2. The second-order valence-corrected chi connectivity index (χ2v) is 5.79. The van der Waals surface area contributed by atoms with E-state index in [9.17, 15) is 9.18 Å². The Kier molecular flexibility index (Phi) is 3.92. The van der Waals surface area contributed by atoms with Gasteiger partial charge < -0.3 is 4.90 Å². The summed E-state index contributed by atoms with van der Waals surface area (Å²) in [5.41, 5.74) is 0.837. The zero-order chi connectivity index (χ0) is 14.8. The number of carbonyl (C=O) groups is 1. The van der Waals surface area contributed by atoms with Crippen LogP contribution >= 0.6 is 11.6 Å². The second kappa shape index (κ2) is 5.85. The molecule has 2 aromatic rings. The number of likely N-dealkylation sites (tertiary alicyclic amines) is 1. The summed E-state index contributed by atoms with van der Waals surface area (Å²) in [6, 6.07) is 6.05. The summed E-state index contributed by atoms with van der Waals surface area (Å²) in [7, 11) is 0. The minimum absolute atomic E-state index is 0.0800. The molecule has 4 nitrogen and oxygen atoms in total. The molecule has 0 N–H and O–H groups in total. The Morgan fingerprint density at radius 1 is 1.33 bits per heavy atom. The van der Waals surface area contributed by atoms with E-state index in [1.165, 1.54) is 12.1 Å². The van der Waals surface area contributed by atoms with E-state index < -0.39 is 0 Å². The predicted molar refractivity (Wildman–Crippen MR) is 77.4 cm³/mol. The van der Waals surface area contributed by atoms with Crippen LogP contribution in [0.3, 0.4) is 0 Å². The zero-order valence-corrected chi connectivity index (χ0v) is 12.1. The number of carbonyl (C=O) groups excluding carboxylic acids is 1.